The summed E-state index contributed by atoms with van der Waals surface area (Å²) in [5.74, 6) is -0.144. The van der Waals surface area contributed by atoms with Gasteiger partial charge in [0.15, 0.2) is 6.20 Å². The number of piperidine rings is 1. The van der Waals surface area contributed by atoms with Gasteiger partial charge in [-0.25, -0.2) is 0 Å². The molecule has 2 rings (SSSR count). The van der Waals surface area contributed by atoms with Crippen LogP contribution in [0.1, 0.15) is 26.7 Å². The minimum absolute atomic E-state index is 0.144. The van der Waals surface area contributed by atoms with E-state index in [2.05, 4.69) is 9.88 Å². The first kappa shape index (κ1) is 18.3. The van der Waals surface area contributed by atoms with Gasteiger partial charge in [-0.3, -0.25) is 0 Å². The van der Waals surface area contributed by atoms with Gasteiger partial charge in [0.25, 0.3) is 0 Å². The first-order chi connectivity index (χ1) is 10.4. The summed E-state index contributed by atoms with van der Waals surface area (Å²) in [7, 11) is 3.90. The number of hydrogen-bond donors (Lipinski definition) is 1. The Morgan fingerprint density at radius 2 is 1.95 bits per heavy atom. The van der Waals surface area contributed by atoms with E-state index in [1.165, 1.54) is 12.3 Å². The molecule has 0 bridgehead atoms. The van der Waals surface area contributed by atoms with Gasteiger partial charge in [0.1, 0.15) is 0 Å². The van der Waals surface area contributed by atoms with E-state index in [0.29, 0.717) is 19.4 Å². The van der Waals surface area contributed by atoms with E-state index in [1.54, 1.807) is 6.07 Å². The standard InChI is InChI=1S/C13H20N4O3.C2H6/c1-15(2)10-13(18)5-7-16(8-6-13)11-3-4-12(14-9-11)17(19)20;1-2/h3-4,9,18H,5-8,10H2,1-2H3;1-2H3. The van der Waals surface area contributed by atoms with E-state index in [1.807, 2.05) is 32.8 Å². The Morgan fingerprint density at radius 1 is 1.36 bits per heavy atom. The van der Waals surface area contributed by atoms with Gasteiger partial charge in [0, 0.05) is 25.7 Å². The lowest BCUT2D eigenvalue weighted by atomic mass is 9.91. The Hall–Kier alpha value is -1.73. The highest BCUT2D eigenvalue weighted by molar-refractivity contribution is 5.47. The minimum atomic E-state index is -0.645. The van der Waals surface area contributed by atoms with E-state index in [4.69, 9.17) is 0 Å². The van der Waals surface area contributed by atoms with Crippen molar-refractivity contribution in [2.24, 2.45) is 0 Å². The van der Waals surface area contributed by atoms with Gasteiger partial charge in [-0.15, -0.1) is 0 Å². The maximum atomic E-state index is 10.6. The number of pyridine rings is 1. The molecule has 0 aliphatic carbocycles. The number of rotatable bonds is 4. The summed E-state index contributed by atoms with van der Waals surface area (Å²) in [4.78, 5) is 18.0. The SMILES string of the molecule is CC.CN(C)CC1(O)CCN(c2ccc([N+](=O)[O-])nc2)CC1. The molecular formula is C15H26N4O3. The predicted molar refractivity (Wildman–Crippen MR) is 87.2 cm³/mol. The average Bonchev–Trinajstić information content (AvgIpc) is 2.49. The Morgan fingerprint density at radius 3 is 2.36 bits per heavy atom. The molecule has 0 radical (unpaired) electrons. The van der Waals surface area contributed by atoms with Crippen molar-refractivity contribution in [2.75, 3.05) is 38.6 Å². The van der Waals surface area contributed by atoms with Crippen molar-refractivity contribution < 1.29 is 10.0 Å². The maximum absolute atomic E-state index is 10.6. The van der Waals surface area contributed by atoms with Crippen molar-refractivity contribution in [3.05, 3.63) is 28.4 Å². The summed E-state index contributed by atoms with van der Waals surface area (Å²) in [5, 5.41) is 21.0. The maximum Gasteiger partial charge on any atom is 0.363 e. The van der Waals surface area contributed by atoms with E-state index in [0.717, 1.165) is 18.8 Å². The number of nitro groups is 1. The zero-order valence-corrected chi connectivity index (χ0v) is 13.8. The van der Waals surface area contributed by atoms with Crippen LogP contribution in [-0.2, 0) is 0 Å². The molecule has 1 N–H and O–H groups in total. The average molecular weight is 310 g/mol. The molecule has 1 aliphatic rings. The summed E-state index contributed by atoms with van der Waals surface area (Å²) in [6.07, 6.45) is 2.89. The molecule has 1 saturated heterocycles. The van der Waals surface area contributed by atoms with Gasteiger partial charge in [0.05, 0.1) is 11.3 Å². The van der Waals surface area contributed by atoms with Crippen LogP contribution in [-0.4, -0.2) is 59.2 Å². The number of hydrogen-bond acceptors (Lipinski definition) is 6. The Bertz CT molecular complexity index is 468. The van der Waals surface area contributed by atoms with Crippen LogP contribution in [0.5, 0.6) is 0 Å². The summed E-state index contributed by atoms with van der Waals surface area (Å²) >= 11 is 0. The molecule has 0 saturated carbocycles. The molecule has 124 valence electrons. The Balaban J connectivity index is 0.00000116. The van der Waals surface area contributed by atoms with Crippen molar-refractivity contribution in [1.82, 2.24) is 9.88 Å². The zero-order chi connectivity index (χ0) is 16.8. The highest BCUT2D eigenvalue weighted by Crippen LogP contribution is 2.27. The van der Waals surface area contributed by atoms with Crippen molar-refractivity contribution in [2.45, 2.75) is 32.3 Å². The lowest BCUT2D eigenvalue weighted by Gasteiger charge is -2.40. The minimum Gasteiger partial charge on any atom is -0.388 e. The fourth-order valence-corrected chi connectivity index (χ4v) is 2.60. The molecule has 7 heteroatoms. The van der Waals surface area contributed by atoms with E-state index < -0.39 is 10.5 Å². The Labute approximate surface area is 131 Å². The second-order valence-corrected chi connectivity index (χ2v) is 5.58. The van der Waals surface area contributed by atoms with Crippen molar-refractivity contribution >= 4 is 11.5 Å². The number of nitrogens with zero attached hydrogens (tertiary/aromatic N) is 4. The smallest absolute Gasteiger partial charge is 0.363 e. The normalized spacial score (nSPS) is 16.9. The van der Waals surface area contributed by atoms with E-state index >= 15 is 0 Å². The summed E-state index contributed by atoms with van der Waals surface area (Å²) in [5.41, 5.74) is 0.219. The number of likely N-dealkylation sites (N-methyl/N-ethyl adjacent to an activating group) is 1. The molecule has 0 atom stereocenters. The van der Waals surface area contributed by atoms with Crippen molar-refractivity contribution in [3.8, 4) is 0 Å². The first-order valence-electron chi connectivity index (χ1n) is 7.62. The second-order valence-electron chi connectivity index (χ2n) is 5.58. The van der Waals surface area contributed by atoms with Crippen LogP contribution in [0.25, 0.3) is 0 Å². The van der Waals surface area contributed by atoms with Gasteiger partial charge in [-0.05, 0) is 42.9 Å². The lowest BCUT2D eigenvalue weighted by Crippen LogP contribution is -2.49. The lowest BCUT2D eigenvalue weighted by molar-refractivity contribution is -0.389. The van der Waals surface area contributed by atoms with Crippen LogP contribution >= 0.6 is 0 Å². The molecule has 0 aromatic carbocycles. The summed E-state index contributed by atoms with van der Waals surface area (Å²) < 4.78 is 0. The highest BCUT2D eigenvalue weighted by Gasteiger charge is 2.33. The molecule has 2 heterocycles. The highest BCUT2D eigenvalue weighted by atomic mass is 16.6. The first-order valence-corrected chi connectivity index (χ1v) is 7.62. The monoisotopic (exact) mass is 310 g/mol. The van der Waals surface area contributed by atoms with Crippen LogP contribution in [0.3, 0.4) is 0 Å². The second kappa shape index (κ2) is 8.05. The predicted octanol–water partition coefficient (Wildman–Crippen LogP) is 1.91. The third kappa shape index (κ3) is 4.92. The van der Waals surface area contributed by atoms with Gasteiger partial charge in [-0.2, -0.15) is 0 Å². The quantitative estimate of drug-likeness (QED) is 0.675. The van der Waals surface area contributed by atoms with Crippen molar-refractivity contribution in [1.29, 1.82) is 0 Å². The number of aliphatic hydroxyl groups is 1. The van der Waals surface area contributed by atoms with Crippen LogP contribution in [0.2, 0.25) is 0 Å². The van der Waals surface area contributed by atoms with Crippen molar-refractivity contribution in [3.63, 3.8) is 0 Å². The van der Waals surface area contributed by atoms with Gasteiger partial charge in [-0.1, -0.05) is 13.8 Å². The molecule has 1 aliphatic heterocycles. The van der Waals surface area contributed by atoms with Gasteiger partial charge < -0.3 is 25.0 Å². The van der Waals surface area contributed by atoms with Crippen LogP contribution in [0.4, 0.5) is 11.5 Å². The third-order valence-corrected chi connectivity index (χ3v) is 3.59. The molecule has 1 fully saturated rings. The molecule has 1 aromatic heterocycles. The molecule has 7 nitrogen and oxygen atoms in total. The van der Waals surface area contributed by atoms with E-state index in [-0.39, 0.29) is 5.82 Å². The largest absolute Gasteiger partial charge is 0.388 e. The molecular weight excluding hydrogens is 284 g/mol. The molecule has 0 spiro atoms. The van der Waals surface area contributed by atoms with Gasteiger partial charge >= 0.3 is 5.82 Å². The van der Waals surface area contributed by atoms with Gasteiger partial charge in [0.2, 0.25) is 0 Å². The molecule has 22 heavy (non-hydrogen) atoms. The molecule has 1 aromatic rings. The van der Waals surface area contributed by atoms with Crippen LogP contribution < -0.4 is 4.90 Å². The summed E-state index contributed by atoms with van der Waals surface area (Å²) in [6, 6.07) is 3.12. The fourth-order valence-electron chi connectivity index (χ4n) is 2.60. The van der Waals surface area contributed by atoms with Crippen LogP contribution in [0.15, 0.2) is 18.3 Å². The van der Waals surface area contributed by atoms with E-state index in [9.17, 15) is 15.2 Å². The molecule has 0 unspecified atom stereocenters. The fraction of sp³-hybridized carbons (Fsp3) is 0.667. The summed E-state index contributed by atoms with van der Waals surface area (Å²) in [6.45, 7) is 6.10. The zero-order valence-electron chi connectivity index (χ0n) is 13.8. The topological polar surface area (TPSA) is 82.7 Å². The van der Waals surface area contributed by atoms with Crippen LogP contribution in [0, 0.1) is 10.1 Å². The number of anilines is 1. The third-order valence-electron chi connectivity index (χ3n) is 3.59. The Kier molecular flexibility index (Phi) is 6.70. The number of aromatic nitrogens is 1. The molecule has 0 amide bonds.